The summed E-state index contributed by atoms with van der Waals surface area (Å²) >= 11 is 0. The van der Waals surface area contributed by atoms with Crippen molar-refractivity contribution in [2.45, 2.75) is 19.9 Å². The van der Waals surface area contributed by atoms with E-state index in [1.807, 2.05) is 12.1 Å². The fourth-order valence-electron chi connectivity index (χ4n) is 3.61. The Morgan fingerprint density at radius 1 is 1.10 bits per heavy atom. The van der Waals surface area contributed by atoms with Crippen LogP contribution in [0.15, 0.2) is 66.7 Å². The van der Waals surface area contributed by atoms with Gasteiger partial charge in [0.15, 0.2) is 0 Å². The molecule has 0 atom stereocenters. The Labute approximate surface area is 168 Å². The second-order valence-corrected chi connectivity index (χ2v) is 7.21. The summed E-state index contributed by atoms with van der Waals surface area (Å²) in [5.74, 6) is -0.285. The number of nitro groups is 1. The molecule has 4 rings (SSSR count). The number of hydrogen-bond acceptors (Lipinski definition) is 4. The molecule has 146 valence electrons. The highest BCUT2D eigenvalue weighted by Crippen LogP contribution is 2.29. The third kappa shape index (κ3) is 3.96. The van der Waals surface area contributed by atoms with E-state index < -0.39 is 4.92 Å². The molecule has 6 heteroatoms. The van der Waals surface area contributed by atoms with E-state index in [0.29, 0.717) is 11.3 Å². The third-order valence-electron chi connectivity index (χ3n) is 5.25. The van der Waals surface area contributed by atoms with Crippen LogP contribution in [-0.4, -0.2) is 17.4 Å². The first kappa shape index (κ1) is 18.7. The van der Waals surface area contributed by atoms with Crippen molar-refractivity contribution in [2.24, 2.45) is 0 Å². The fourth-order valence-corrected chi connectivity index (χ4v) is 3.61. The largest absolute Gasteiger partial charge is 0.367 e. The van der Waals surface area contributed by atoms with Crippen molar-refractivity contribution < 1.29 is 9.72 Å². The quantitative estimate of drug-likeness (QED) is 0.508. The van der Waals surface area contributed by atoms with Gasteiger partial charge in [-0.15, -0.1) is 0 Å². The molecule has 6 nitrogen and oxygen atoms in total. The lowest BCUT2D eigenvalue weighted by Crippen LogP contribution is -2.19. The summed E-state index contributed by atoms with van der Waals surface area (Å²) in [7, 11) is 0. The number of benzene rings is 3. The predicted octanol–water partition coefficient (Wildman–Crippen LogP) is 4.72. The molecule has 0 aliphatic carbocycles. The molecule has 0 unspecified atom stereocenters. The van der Waals surface area contributed by atoms with Crippen LogP contribution in [0.2, 0.25) is 0 Å². The van der Waals surface area contributed by atoms with Crippen molar-refractivity contribution in [3.05, 3.63) is 99.1 Å². The first-order valence-electron chi connectivity index (χ1n) is 9.49. The number of carbonyl (C=O) groups is 1. The van der Waals surface area contributed by atoms with E-state index in [-0.39, 0.29) is 11.6 Å². The summed E-state index contributed by atoms with van der Waals surface area (Å²) < 4.78 is 0. The number of hydrogen-bond donors (Lipinski definition) is 1. The van der Waals surface area contributed by atoms with E-state index in [2.05, 4.69) is 34.5 Å². The number of anilines is 2. The number of carbonyl (C=O) groups excluding carboxylic acids is 1. The predicted molar refractivity (Wildman–Crippen MR) is 113 cm³/mol. The zero-order valence-electron chi connectivity index (χ0n) is 16.1. The average Bonchev–Trinajstić information content (AvgIpc) is 3.13. The summed E-state index contributed by atoms with van der Waals surface area (Å²) in [4.78, 5) is 25.4. The summed E-state index contributed by atoms with van der Waals surface area (Å²) in [6, 6.07) is 20.4. The molecule has 1 aliphatic heterocycles. The zero-order chi connectivity index (χ0) is 20.4. The van der Waals surface area contributed by atoms with E-state index in [1.165, 1.54) is 23.4 Å². The molecule has 0 radical (unpaired) electrons. The lowest BCUT2D eigenvalue weighted by Gasteiger charge is -2.19. The van der Waals surface area contributed by atoms with Crippen molar-refractivity contribution >= 4 is 23.0 Å². The minimum absolute atomic E-state index is 0.0489. The first-order chi connectivity index (χ1) is 14.0. The monoisotopic (exact) mass is 387 g/mol. The van der Waals surface area contributed by atoms with Gasteiger partial charge in [0.05, 0.1) is 10.6 Å². The smallest absolute Gasteiger partial charge is 0.271 e. The molecule has 29 heavy (non-hydrogen) atoms. The van der Waals surface area contributed by atoms with Crippen LogP contribution in [0.3, 0.4) is 0 Å². The van der Waals surface area contributed by atoms with E-state index in [4.69, 9.17) is 0 Å². The van der Waals surface area contributed by atoms with Gasteiger partial charge in [0.2, 0.25) is 0 Å². The fraction of sp³-hybridized carbons (Fsp3) is 0.174. The minimum Gasteiger partial charge on any atom is -0.367 e. The lowest BCUT2D eigenvalue weighted by molar-refractivity contribution is -0.384. The molecule has 1 amide bonds. The van der Waals surface area contributed by atoms with Gasteiger partial charge >= 0.3 is 0 Å². The Balaban J connectivity index is 1.45. The molecule has 0 spiro atoms. The minimum atomic E-state index is -0.472. The molecule has 1 heterocycles. The highest BCUT2D eigenvalue weighted by atomic mass is 16.6. The number of amides is 1. The van der Waals surface area contributed by atoms with E-state index in [1.54, 1.807) is 25.1 Å². The number of nitrogens with zero attached hydrogens (tertiary/aromatic N) is 2. The summed E-state index contributed by atoms with van der Waals surface area (Å²) in [6.45, 7) is 3.59. The number of fused-ring (bicyclic) bond motifs is 1. The summed E-state index contributed by atoms with van der Waals surface area (Å²) in [5, 5.41) is 13.7. The SMILES string of the molecule is Cc1ccc([N+](=O)[O-])cc1NC(=O)c1ccc(CN2CCc3ccccc32)cc1. The van der Waals surface area contributed by atoms with Gasteiger partial charge in [-0.05, 0) is 48.2 Å². The molecule has 0 bridgehead atoms. The molecule has 0 aromatic heterocycles. The molecular weight excluding hydrogens is 366 g/mol. The van der Waals surface area contributed by atoms with Crippen LogP contribution in [-0.2, 0) is 13.0 Å². The number of rotatable bonds is 5. The van der Waals surface area contributed by atoms with Gasteiger partial charge in [0.25, 0.3) is 11.6 Å². The number of aryl methyl sites for hydroxylation is 1. The number of non-ortho nitro benzene ring substituents is 1. The Kier molecular flexibility index (Phi) is 4.99. The van der Waals surface area contributed by atoms with Crippen molar-refractivity contribution in [1.29, 1.82) is 0 Å². The molecule has 3 aromatic rings. The zero-order valence-corrected chi connectivity index (χ0v) is 16.1. The molecule has 3 aromatic carbocycles. The van der Waals surface area contributed by atoms with Crippen LogP contribution in [0.4, 0.5) is 17.1 Å². The average molecular weight is 387 g/mol. The van der Waals surface area contributed by atoms with Crippen LogP contribution in [0.5, 0.6) is 0 Å². The first-order valence-corrected chi connectivity index (χ1v) is 9.49. The maximum Gasteiger partial charge on any atom is 0.271 e. The van der Waals surface area contributed by atoms with Gasteiger partial charge < -0.3 is 10.2 Å². The van der Waals surface area contributed by atoms with Gasteiger partial charge in [-0.3, -0.25) is 14.9 Å². The molecule has 0 saturated heterocycles. The second kappa shape index (κ2) is 7.75. The Morgan fingerprint density at radius 2 is 1.86 bits per heavy atom. The summed E-state index contributed by atoms with van der Waals surface area (Å²) in [6.07, 6.45) is 1.05. The maximum atomic E-state index is 12.6. The normalized spacial score (nSPS) is 12.5. The Bertz CT molecular complexity index is 1080. The van der Waals surface area contributed by atoms with E-state index in [9.17, 15) is 14.9 Å². The van der Waals surface area contributed by atoms with Gasteiger partial charge in [0, 0.05) is 36.5 Å². The molecule has 0 fully saturated rings. The number of para-hydroxylation sites is 1. The third-order valence-corrected chi connectivity index (χ3v) is 5.25. The van der Waals surface area contributed by atoms with Gasteiger partial charge in [-0.1, -0.05) is 36.4 Å². The van der Waals surface area contributed by atoms with Crippen LogP contribution in [0.25, 0.3) is 0 Å². The molecule has 1 aliphatic rings. The molecule has 0 saturated carbocycles. The maximum absolute atomic E-state index is 12.6. The molecular formula is C23H21N3O3. The van der Waals surface area contributed by atoms with Crippen LogP contribution in [0.1, 0.15) is 27.0 Å². The van der Waals surface area contributed by atoms with Crippen LogP contribution < -0.4 is 10.2 Å². The van der Waals surface area contributed by atoms with Gasteiger partial charge in [-0.25, -0.2) is 0 Å². The Hall–Kier alpha value is -3.67. The molecule has 1 N–H and O–H groups in total. The van der Waals surface area contributed by atoms with Gasteiger partial charge in [-0.2, -0.15) is 0 Å². The van der Waals surface area contributed by atoms with E-state index >= 15 is 0 Å². The standard InChI is InChI=1S/C23H21N3O3/c1-16-6-11-20(26(28)29)14-21(16)24-23(27)19-9-7-17(8-10-19)15-25-13-12-18-4-2-3-5-22(18)25/h2-11,14H,12-13,15H2,1H3,(H,24,27). The van der Waals surface area contributed by atoms with Crippen molar-refractivity contribution in [3.8, 4) is 0 Å². The van der Waals surface area contributed by atoms with Crippen LogP contribution >= 0.6 is 0 Å². The van der Waals surface area contributed by atoms with Crippen molar-refractivity contribution in [1.82, 2.24) is 0 Å². The van der Waals surface area contributed by atoms with Gasteiger partial charge in [0.1, 0.15) is 0 Å². The van der Waals surface area contributed by atoms with E-state index in [0.717, 1.165) is 30.6 Å². The topological polar surface area (TPSA) is 75.5 Å². The second-order valence-electron chi connectivity index (χ2n) is 7.21. The van der Waals surface area contributed by atoms with Crippen LogP contribution in [0, 0.1) is 17.0 Å². The number of nitro benzene ring substituents is 1. The van der Waals surface area contributed by atoms with Crippen molar-refractivity contribution in [2.75, 3.05) is 16.8 Å². The Morgan fingerprint density at radius 3 is 2.62 bits per heavy atom. The lowest BCUT2D eigenvalue weighted by atomic mass is 10.1. The summed E-state index contributed by atoms with van der Waals surface area (Å²) in [5.41, 5.74) is 5.46. The van der Waals surface area contributed by atoms with Crippen molar-refractivity contribution in [3.63, 3.8) is 0 Å². The highest BCUT2D eigenvalue weighted by molar-refractivity contribution is 6.04. The highest BCUT2D eigenvalue weighted by Gasteiger charge is 2.18. The number of nitrogens with one attached hydrogen (secondary N) is 1.